The molecule has 0 aromatic carbocycles. The minimum Gasteiger partial charge on any atom is -0.502 e. The lowest BCUT2D eigenvalue weighted by Gasteiger charge is -2.28. The van der Waals surface area contributed by atoms with Crippen molar-refractivity contribution in [1.29, 1.82) is 0 Å². The summed E-state index contributed by atoms with van der Waals surface area (Å²) < 4.78 is 54.1. The van der Waals surface area contributed by atoms with Crippen molar-refractivity contribution in [3.63, 3.8) is 0 Å². The van der Waals surface area contributed by atoms with Gasteiger partial charge in [0, 0.05) is 0 Å². The molecule has 0 aliphatic carbocycles. The summed E-state index contributed by atoms with van der Waals surface area (Å²) in [6.45, 7) is -0.865. The van der Waals surface area contributed by atoms with Crippen LogP contribution >= 0.6 is 23.0 Å². The highest BCUT2D eigenvalue weighted by molar-refractivity contribution is 7.81. The van der Waals surface area contributed by atoms with Gasteiger partial charge in [-0.1, -0.05) is 0 Å². The summed E-state index contributed by atoms with van der Waals surface area (Å²) in [6, 6.07) is 0. The van der Waals surface area contributed by atoms with Gasteiger partial charge in [-0.05, 0) is 0 Å². The summed E-state index contributed by atoms with van der Waals surface area (Å²) in [5.41, 5.74) is -2.19. The number of rotatable bonds is 4. The molecule has 29 heavy (non-hydrogen) atoms. The molecule has 2 fully saturated rings. The molecular weight excluding hydrogens is 465 g/mol. The zero-order valence-corrected chi connectivity index (χ0v) is 16.7. The Morgan fingerprint density at radius 3 is 2.45 bits per heavy atom. The largest absolute Gasteiger partial charge is 0.502 e. The van der Waals surface area contributed by atoms with Crippen molar-refractivity contribution in [3.05, 3.63) is 27.0 Å². The van der Waals surface area contributed by atoms with E-state index in [1.807, 2.05) is 0 Å². The molecule has 7 atom stereocenters. The van der Waals surface area contributed by atoms with Crippen LogP contribution in [0, 0.1) is 0 Å². The van der Waals surface area contributed by atoms with E-state index in [1.54, 1.807) is 4.98 Å². The highest BCUT2D eigenvalue weighted by atomic mass is 31.3. The van der Waals surface area contributed by atoms with Crippen molar-refractivity contribution in [1.82, 2.24) is 9.55 Å². The fourth-order valence-electron chi connectivity index (χ4n) is 2.62. The smallest absolute Gasteiger partial charge is 0.486 e. The molecule has 2 aliphatic heterocycles. The molecule has 3 rings (SSSR count). The quantitative estimate of drug-likeness (QED) is 0.265. The van der Waals surface area contributed by atoms with Crippen LogP contribution in [0.25, 0.3) is 0 Å². The molecule has 0 radical (unpaired) electrons. The van der Waals surface area contributed by atoms with E-state index in [0.717, 1.165) is 0 Å². The number of aromatic nitrogens is 2. The fourth-order valence-corrected chi connectivity index (χ4v) is 9.53. The van der Waals surface area contributed by atoms with Crippen LogP contribution in [0.5, 0.6) is 5.75 Å². The Hall–Kier alpha value is -1.15. The van der Waals surface area contributed by atoms with Gasteiger partial charge in [-0.25, -0.2) is 18.0 Å². The Balaban J connectivity index is 1.76. The molecule has 0 amide bonds. The molecule has 1 aromatic heterocycles. The van der Waals surface area contributed by atoms with Gasteiger partial charge in [0.25, 0.3) is 5.56 Å². The van der Waals surface area contributed by atoms with Gasteiger partial charge in [-0.2, -0.15) is 0 Å². The first-order chi connectivity index (χ1) is 13.2. The minimum atomic E-state index is -5.16. The highest BCUT2D eigenvalue weighted by Crippen LogP contribution is 2.78. The highest BCUT2D eigenvalue weighted by Gasteiger charge is 2.53. The number of aromatic amines is 1. The van der Waals surface area contributed by atoms with E-state index in [0.29, 0.717) is 10.8 Å². The third-order valence-electron chi connectivity index (χ3n) is 3.81. The first-order valence-electron chi connectivity index (χ1n) is 7.59. The van der Waals surface area contributed by atoms with Crippen LogP contribution in [0.4, 0.5) is 0 Å². The summed E-state index contributed by atoms with van der Waals surface area (Å²) in [7, 11) is -14.6. The number of hydrogen-bond acceptors (Lipinski definition) is 12. The van der Waals surface area contributed by atoms with Crippen molar-refractivity contribution >= 4 is 23.0 Å². The third kappa shape index (κ3) is 4.79. The van der Waals surface area contributed by atoms with Crippen molar-refractivity contribution < 1.29 is 56.7 Å². The van der Waals surface area contributed by atoms with E-state index in [1.165, 1.54) is 0 Å². The van der Waals surface area contributed by atoms with Gasteiger partial charge in [0.05, 0.1) is 12.8 Å². The van der Waals surface area contributed by atoms with Crippen molar-refractivity contribution in [2.75, 3.05) is 12.5 Å². The molecule has 3 heterocycles. The van der Waals surface area contributed by atoms with Gasteiger partial charge in [-0.15, -0.1) is 0 Å². The number of nitrogens with zero attached hydrogens (tertiary/aromatic N) is 1. The predicted octanol–water partition coefficient (Wildman–Crippen LogP) is -1.64. The maximum absolute atomic E-state index is 12.4. The SMILES string of the molecule is O=c1[nH]c(=O)n([C@@H]2O[C@H](COP3(=O)CP(=O)(O)OP(=O)(O)O3)C(O)C2O)cc1O. The van der Waals surface area contributed by atoms with Crippen LogP contribution in [0.2, 0.25) is 0 Å². The van der Waals surface area contributed by atoms with Gasteiger partial charge in [0.1, 0.15) is 18.3 Å². The number of nitrogens with one attached hydrogen (secondary N) is 1. The first-order valence-corrected chi connectivity index (χ1v) is 12.6. The van der Waals surface area contributed by atoms with E-state index in [2.05, 4.69) is 8.62 Å². The van der Waals surface area contributed by atoms with E-state index in [4.69, 9.17) is 9.26 Å². The number of aliphatic hydroxyl groups is 2. The molecule has 2 aliphatic rings. The zero-order valence-electron chi connectivity index (χ0n) is 14.0. The van der Waals surface area contributed by atoms with Crippen LogP contribution in [0.3, 0.4) is 0 Å². The Morgan fingerprint density at radius 1 is 1.17 bits per heavy atom. The van der Waals surface area contributed by atoms with Crippen LogP contribution in [-0.4, -0.2) is 65.5 Å². The second kappa shape index (κ2) is 7.52. The van der Waals surface area contributed by atoms with Crippen molar-refractivity contribution in [2.45, 2.75) is 24.5 Å². The maximum atomic E-state index is 12.4. The number of phosphoric acid groups is 1. The van der Waals surface area contributed by atoms with Crippen LogP contribution < -0.4 is 11.2 Å². The van der Waals surface area contributed by atoms with Gasteiger partial charge < -0.3 is 34.4 Å². The van der Waals surface area contributed by atoms with Gasteiger partial charge in [0.2, 0.25) is 0 Å². The van der Waals surface area contributed by atoms with Gasteiger partial charge >= 0.3 is 28.7 Å². The fraction of sp³-hybridized carbons (Fsp3) is 0.600. The molecular formula is C10H15N2O14P3. The molecule has 6 N–H and O–H groups in total. The average molecular weight is 480 g/mol. The van der Waals surface area contributed by atoms with E-state index in [9.17, 15) is 48.4 Å². The minimum absolute atomic E-state index is 0.571. The Kier molecular flexibility index (Phi) is 5.84. The Morgan fingerprint density at radius 2 is 1.83 bits per heavy atom. The van der Waals surface area contributed by atoms with Crippen molar-refractivity contribution in [3.8, 4) is 5.75 Å². The lowest BCUT2D eigenvalue weighted by molar-refractivity contribution is -0.0527. The standard InChI is InChI=1S/C10H15N2O14P3/c13-4-1-12(10(17)11-8(4)16)9-7(15)6(14)5(24-9)2-23-28(20)3-27(18,19)25-29(21,22)26-28/h1,5-7,9,13-15H,2-3H2,(H,18,19)(H,21,22)(H,11,16,17)/t5-,6?,7?,9-,28?/m1/s1. The average Bonchev–Trinajstić information content (AvgIpc) is 2.81. The van der Waals surface area contributed by atoms with Crippen LogP contribution in [0.15, 0.2) is 15.8 Å². The molecule has 16 nitrogen and oxygen atoms in total. The van der Waals surface area contributed by atoms with Crippen LogP contribution in [0.1, 0.15) is 6.23 Å². The van der Waals surface area contributed by atoms with E-state index < -0.39 is 77.1 Å². The van der Waals surface area contributed by atoms with E-state index >= 15 is 0 Å². The molecule has 0 saturated carbocycles. The Bertz CT molecular complexity index is 1040. The number of hydrogen-bond donors (Lipinski definition) is 6. The third-order valence-corrected chi connectivity index (χ3v) is 10.8. The first kappa shape index (κ1) is 22.5. The number of aromatic hydroxyl groups is 1. The molecule has 0 spiro atoms. The molecule has 1 aromatic rings. The monoisotopic (exact) mass is 480 g/mol. The molecule has 19 heteroatoms. The number of ether oxygens (including phenoxy) is 1. The Labute approximate surface area is 159 Å². The lowest BCUT2D eigenvalue weighted by Crippen LogP contribution is -2.37. The second-order valence-corrected chi connectivity index (χ2v) is 12.2. The number of aliphatic hydroxyl groups excluding tert-OH is 2. The summed E-state index contributed by atoms with van der Waals surface area (Å²) in [5, 5.41) is 29.5. The zero-order chi connectivity index (χ0) is 21.8. The predicted molar refractivity (Wildman–Crippen MR) is 89.2 cm³/mol. The topological polar surface area (TPSA) is 244 Å². The summed E-state index contributed by atoms with van der Waals surface area (Å²) >= 11 is 0. The van der Waals surface area contributed by atoms with E-state index in [-0.39, 0.29) is 0 Å². The second-order valence-electron chi connectivity index (χ2n) is 6.04. The van der Waals surface area contributed by atoms with Gasteiger partial charge in [0.15, 0.2) is 17.9 Å². The molecule has 0 bridgehead atoms. The molecule has 2 saturated heterocycles. The van der Waals surface area contributed by atoms with Crippen LogP contribution in [-0.2, 0) is 31.6 Å². The summed E-state index contributed by atoms with van der Waals surface area (Å²) in [6.07, 6.45) is -5.99. The maximum Gasteiger partial charge on any atom is 0.486 e. The molecule has 5 unspecified atom stereocenters. The molecule has 164 valence electrons. The van der Waals surface area contributed by atoms with Gasteiger partial charge in [-0.3, -0.25) is 23.5 Å². The summed E-state index contributed by atoms with van der Waals surface area (Å²) in [5.74, 6) is -2.14. The normalized spacial score (nSPS) is 42.8. The lowest BCUT2D eigenvalue weighted by atomic mass is 10.1. The van der Waals surface area contributed by atoms with Crippen molar-refractivity contribution in [2.24, 2.45) is 0 Å². The summed E-state index contributed by atoms with van der Waals surface area (Å²) in [4.78, 5) is 43.4. The number of H-pyrrole nitrogens is 1.